The summed E-state index contributed by atoms with van der Waals surface area (Å²) in [5.74, 6) is 0.173. The van der Waals surface area contributed by atoms with Crippen LogP contribution in [0, 0.1) is 11.8 Å². The second kappa shape index (κ2) is 19.2. The number of carbonyl (C=O) groups excluding carboxylic acids is 2. The summed E-state index contributed by atoms with van der Waals surface area (Å²) in [7, 11) is 0. The van der Waals surface area contributed by atoms with Crippen molar-refractivity contribution in [3.63, 3.8) is 0 Å². The van der Waals surface area contributed by atoms with E-state index in [4.69, 9.17) is 9.47 Å². The molecular weight excluding hydrogens is 402 g/mol. The van der Waals surface area contributed by atoms with Crippen molar-refractivity contribution in [2.45, 2.75) is 124 Å². The average Bonchev–Trinajstić information content (AvgIpc) is 2.80. The molecule has 1 rings (SSSR count). The maximum absolute atomic E-state index is 12.3. The molecule has 32 heavy (non-hydrogen) atoms. The molecule has 0 saturated carbocycles. The molecule has 188 valence electrons. The van der Waals surface area contributed by atoms with Crippen LogP contribution in [0.3, 0.4) is 0 Å². The Morgan fingerprint density at radius 1 is 0.750 bits per heavy atom. The Morgan fingerprint density at radius 3 is 1.69 bits per heavy atom. The minimum atomic E-state index is -0.257. The minimum Gasteiger partial charge on any atom is -0.465 e. The van der Waals surface area contributed by atoms with Crippen molar-refractivity contribution in [3.8, 4) is 0 Å². The molecule has 0 N–H and O–H groups in total. The van der Waals surface area contributed by atoms with E-state index < -0.39 is 0 Å². The lowest BCUT2D eigenvalue weighted by atomic mass is 9.97. The van der Waals surface area contributed by atoms with Gasteiger partial charge in [0.2, 0.25) is 0 Å². The van der Waals surface area contributed by atoms with E-state index in [-0.39, 0.29) is 18.0 Å². The summed E-state index contributed by atoms with van der Waals surface area (Å²) in [5, 5.41) is 0. The largest absolute Gasteiger partial charge is 0.465 e. The Bertz CT molecular complexity index is 472. The van der Waals surface area contributed by atoms with Gasteiger partial charge in [-0.15, -0.1) is 0 Å². The van der Waals surface area contributed by atoms with E-state index in [0.717, 1.165) is 12.8 Å². The van der Waals surface area contributed by atoms with Gasteiger partial charge in [-0.2, -0.15) is 0 Å². The zero-order valence-corrected chi connectivity index (χ0v) is 21.4. The summed E-state index contributed by atoms with van der Waals surface area (Å²) in [4.78, 5) is 26.0. The fourth-order valence-corrected chi connectivity index (χ4v) is 4.21. The Morgan fingerprint density at radius 2 is 1.22 bits per heavy atom. The van der Waals surface area contributed by atoms with Gasteiger partial charge in [0.1, 0.15) is 0 Å². The number of hydrogen-bond donors (Lipinski definition) is 0. The molecule has 0 aromatic rings. The van der Waals surface area contributed by atoms with Crippen LogP contribution < -0.4 is 0 Å². The van der Waals surface area contributed by atoms with Crippen molar-refractivity contribution >= 4 is 12.1 Å². The summed E-state index contributed by atoms with van der Waals surface area (Å²) in [6.07, 6.45) is 19.6. The SMILES string of the molecule is CCCCCCCCCCCCCCCCOC(=O)C1CCN(C(=O)OCC(C)C)CC1. The quantitative estimate of drug-likeness (QED) is 0.159. The Labute approximate surface area is 198 Å². The third-order valence-electron chi connectivity index (χ3n) is 6.37. The Kier molecular flexibility index (Phi) is 17.3. The molecule has 0 spiro atoms. The normalized spacial score (nSPS) is 14.7. The molecule has 0 atom stereocenters. The summed E-state index contributed by atoms with van der Waals surface area (Å²) < 4.78 is 10.8. The van der Waals surface area contributed by atoms with Crippen molar-refractivity contribution < 1.29 is 19.1 Å². The van der Waals surface area contributed by atoms with Crippen molar-refractivity contribution in [2.24, 2.45) is 11.8 Å². The fraction of sp³-hybridized carbons (Fsp3) is 0.926. The second-order valence-corrected chi connectivity index (χ2v) is 10.00. The molecule has 1 aliphatic heterocycles. The van der Waals surface area contributed by atoms with Gasteiger partial charge in [-0.1, -0.05) is 104 Å². The van der Waals surface area contributed by atoms with Crippen molar-refractivity contribution in [3.05, 3.63) is 0 Å². The molecule has 0 aliphatic carbocycles. The summed E-state index contributed by atoms with van der Waals surface area (Å²) in [6.45, 7) is 8.45. The van der Waals surface area contributed by atoms with Gasteiger partial charge in [0.15, 0.2) is 0 Å². The van der Waals surface area contributed by atoms with Gasteiger partial charge < -0.3 is 14.4 Å². The van der Waals surface area contributed by atoms with Crippen LogP contribution in [0.4, 0.5) is 4.79 Å². The highest BCUT2D eigenvalue weighted by Crippen LogP contribution is 2.20. The molecule has 1 fully saturated rings. The smallest absolute Gasteiger partial charge is 0.409 e. The monoisotopic (exact) mass is 453 g/mol. The summed E-state index contributed by atoms with van der Waals surface area (Å²) in [5.41, 5.74) is 0. The number of unbranched alkanes of at least 4 members (excludes halogenated alkanes) is 13. The predicted molar refractivity (Wildman–Crippen MR) is 132 cm³/mol. The molecule has 0 unspecified atom stereocenters. The number of piperidine rings is 1. The predicted octanol–water partition coefficient (Wildman–Crippen LogP) is 7.52. The number of amides is 1. The van der Waals surface area contributed by atoms with E-state index in [2.05, 4.69) is 6.92 Å². The van der Waals surface area contributed by atoms with Gasteiger partial charge in [0.05, 0.1) is 19.1 Å². The zero-order valence-electron chi connectivity index (χ0n) is 21.4. The van der Waals surface area contributed by atoms with Crippen molar-refractivity contribution in [1.82, 2.24) is 4.90 Å². The number of hydrogen-bond acceptors (Lipinski definition) is 4. The fourth-order valence-electron chi connectivity index (χ4n) is 4.21. The highest BCUT2D eigenvalue weighted by atomic mass is 16.6. The van der Waals surface area contributed by atoms with Crippen LogP contribution in [0.1, 0.15) is 124 Å². The average molecular weight is 454 g/mol. The lowest BCUT2D eigenvalue weighted by Gasteiger charge is -2.30. The van der Waals surface area contributed by atoms with Crippen LogP contribution in [0.2, 0.25) is 0 Å². The molecule has 0 aromatic carbocycles. The zero-order chi connectivity index (χ0) is 23.4. The topological polar surface area (TPSA) is 55.8 Å². The van der Waals surface area contributed by atoms with Crippen molar-refractivity contribution in [1.29, 1.82) is 0 Å². The number of carbonyl (C=O) groups is 2. The van der Waals surface area contributed by atoms with Crippen molar-refractivity contribution in [2.75, 3.05) is 26.3 Å². The summed E-state index contributed by atoms with van der Waals surface area (Å²) in [6, 6.07) is 0. The first-order chi connectivity index (χ1) is 15.5. The number of nitrogens with zero attached hydrogens (tertiary/aromatic N) is 1. The van der Waals surface area contributed by atoms with Gasteiger partial charge in [-0.25, -0.2) is 4.79 Å². The third-order valence-corrected chi connectivity index (χ3v) is 6.37. The van der Waals surface area contributed by atoms with Crippen LogP contribution in [0.15, 0.2) is 0 Å². The minimum absolute atomic E-state index is 0.0733. The molecule has 5 heteroatoms. The number of likely N-dealkylation sites (tertiary alicyclic amines) is 1. The summed E-state index contributed by atoms with van der Waals surface area (Å²) >= 11 is 0. The van der Waals surface area contributed by atoms with E-state index in [9.17, 15) is 9.59 Å². The lowest BCUT2D eigenvalue weighted by molar-refractivity contribution is -0.150. The highest BCUT2D eigenvalue weighted by molar-refractivity contribution is 5.73. The first kappa shape index (κ1) is 28.8. The molecule has 0 aromatic heterocycles. The van der Waals surface area contributed by atoms with Gasteiger partial charge >= 0.3 is 12.1 Å². The van der Waals surface area contributed by atoms with E-state index in [1.165, 1.54) is 77.0 Å². The number of esters is 1. The molecular formula is C27H51NO4. The first-order valence-electron chi connectivity index (χ1n) is 13.6. The third kappa shape index (κ3) is 14.7. The highest BCUT2D eigenvalue weighted by Gasteiger charge is 2.29. The Balaban J connectivity index is 1.89. The van der Waals surface area contributed by atoms with E-state index in [0.29, 0.717) is 45.1 Å². The van der Waals surface area contributed by atoms with E-state index >= 15 is 0 Å². The maximum Gasteiger partial charge on any atom is 0.409 e. The standard InChI is InChI=1S/C27H51NO4/c1-4-5-6-7-8-9-10-11-12-13-14-15-16-17-22-31-26(29)25-18-20-28(21-19-25)27(30)32-23-24(2)3/h24-25H,4-23H2,1-3H3. The number of ether oxygens (including phenoxy) is 2. The van der Waals surface area contributed by atoms with Crippen LogP contribution in [-0.4, -0.2) is 43.3 Å². The van der Waals surface area contributed by atoms with Crippen LogP contribution in [0.25, 0.3) is 0 Å². The molecule has 0 bridgehead atoms. The molecule has 0 radical (unpaired) electrons. The van der Waals surface area contributed by atoms with Crippen LogP contribution in [-0.2, 0) is 14.3 Å². The van der Waals surface area contributed by atoms with Gasteiger partial charge in [-0.05, 0) is 25.2 Å². The van der Waals surface area contributed by atoms with Crippen LogP contribution >= 0.6 is 0 Å². The van der Waals surface area contributed by atoms with E-state index in [1.54, 1.807) is 4.90 Å². The second-order valence-electron chi connectivity index (χ2n) is 10.00. The number of rotatable bonds is 18. The maximum atomic E-state index is 12.3. The molecule has 1 heterocycles. The Hall–Kier alpha value is -1.26. The van der Waals surface area contributed by atoms with Gasteiger partial charge in [-0.3, -0.25) is 4.79 Å². The van der Waals surface area contributed by atoms with Gasteiger partial charge in [0.25, 0.3) is 0 Å². The van der Waals surface area contributed by atoms with E-state index in [1.807, 2.05) is 13.8 Å². The molecule has 1 saturated heterocycles. The van der Waals surface area contributed by atoms with Crippen LogP contribution in [0.5, 0.6) is 0 Å². The first-order valence-corrected chi connectivity index (χ1v) is 13.6. The lowest BCUT2D eigenvalue weighted by Crippen LogP contribution is -2.41. The van der Waals surface area contributed by atoms with Gasteiger partial charge in [0, 0.05) is 13.1 Å². The molecule has 5 nitrogen and oxygen atoms in total. The molecule has 1 aliphatic rings. The molecule has 1 amide bonds.